The number of carbonyl (C=O) groups excluding carboxylic acids is 1. The second-order valence-electron chi connectivity index (χ2n) is 4.56. The fraction of sp³-hybridized carbons (Fsp3) is 0.667. The molecule has 94 valence electrons. The Hall–Kier alpha value is -0.870. The number of ketones is 1. The van der Waals surface area contributed by atoms with Crippen LogP contribution in [-0.2, 0) is 24.7 Å². The van der Waals surface area contributed by atoms with Crippen LogP contribution in [0.15, 0.2) is 0 Å². The molecule has 0 bridgehead atoms. The van der Waals surface area contributed by atoms with Gasteiger partial charge in [-0.25, -0.2) is 0 Å². The van der Waals surface area contributed by atoms with E-state index in [1.165, 1.54) is 12.8 Å². The van der Waals surface area contributed by atoms with Gasteiger partial charge in [0.05, 0.1) is 29.4 Å². The first-order chi connectivity index (χ1) is 8.11. The maximum absolute atomic E-state index is 11.8. The highest BCUT2D eigenvalue weighted by Crippen LogP contribution is 2.21. The van der Waals surface area contributed by atoms with E-state index in [1.807, 2.05) is 14.0 Å². The summed E-state index contributed by atoms with van der Waals surface area (Å²) in [6.07, 6.45) is 3.54. The molecular weight excluding hydrogens is 238 g/mol. The van der Waals surface area contributed by atoms with E-state index in [0.717, 1.165) is 17.8 Å². The number of halogens is 1. The molecule has 0 amide bonds. The van der Waals surface area contributed by atoms with E-state index < -0.39 is 0 Å². The highest BCUT2D eigenvalue weighted by molar-refractivity contribution is 6.32. The molecule has 0 radical (unpaired) electrons. The smallest absolute Gasteiger partial charge is 0.152 e. The summed E-state index contributed by atoms with van der Waals surface area (Å²) in [6.45, 7) is 2.45. The number of aryl methyl sites for hydroxylation is 2. The molecule has 4 nitrogen and oxygen atoms in total. The molecule has 1 aromatic heterocycles. The second-order valence-corrected chi connectivity index (χ2v) is 4.93. The first kappa shape index (κ1) is 12.6. The van der Waals surface area contributed by atoms with E-state index in [2.05, 4.69) is 10.4 Å². The van der Waals surface area contributed by atoms with Crippen molar-refractivity contribution >= 4 is 17.4 Å². The van der Waals surface area contributed by atoms with Crippen molar-refractivity contribution in [2.75, 3.05) is 6.54 Å². The van der Waals surface area contributed by atoms with Gasteiger partial charge in [-0.15, -0.1) is 0 Å². The summed E-state index contributed by atoms with van der Waals surface area (Å²) in [7, 11) is 1.84. The fourth-order valence-corrected chi connectivity index (χ4v) is 2.17. The number of carbonyl (C=O) groups is 1. The lowest BCUT2D eigenvalue weighted by Crippen LogP contribution is -2.26. The molecule has 5 heteroatoms. The van der Waals surface area contributed by atoms with Gasteiger partial charge in [0.15, 0.2) is 5.78 Å². The van der Waals surface area contributed by atoms with Crippen LogP contribution in [0.3, 0.4) is 0 Å². The molecule has 1 fully saturated rings. The first-order valence-electron chi connectivity index (χ1n) is 6.07. The van der Waals surface area contributed by atoms with Gasteiger partial charge in [-0.3, -0.25) is 9.48 Å². The Morgan fingerprint density at radius 2 is 2.29 bits per heavy atom. The second kappa shape index (κ2) is 5.19. The van der Waals surface area contributed by atoms with Gasteiger partial charge in [-0.1, -0.05) is 18.5 Å². The van der Waals surface area contributed by atoms with Crippen molar-refractivity contribution in [1.29, 1.82) is 0 Å². The monoisotopic (exact) mass is 255 g/mol. The maximum atomic E-state index is 11.8. The largest absolute Gasteiger partial charge is 0.307 e. The normalized spacial score (nSPS) is 15.2. The van der Waals surface area contributed by atoms with Crippen LogP contribution in [0.4, 0.5) is 0 Å². The minimum absolute atomic E-state index is 0.171. The summed E-state index contributed by atoms with van der Waals surface area (Å²) < 4.78 is 1.72. The van der Waals surface area contributed by atoms with Crippen LogP contribution in [0.5, 0.6) is 0 Å². The minimum atomic E-state index is 0.171. The zero-order chi connectivity index (χ0) is 12.4. The highest BCUT2D eigenvalue weighted by atomic mass is 35.5. The summed E-state index contributed by atoms with van der Waals surface area (Å²) >= 11 is 6.19. The summed E-state index contributed by atoms with van der Waals surface area (Å²) in [6, 6.07) is 0.562. The molecule has 1 N–H and O–H groups in total. The maximum Gasteiger partial charge on any atom is 0.152 e. The third-order valence-electron chi connectivity index (χ3n) is 3.03. The van der Waals surface area contributed by atoms with Crippen LogP contribution in [-0.4, -0.2) is 28.2 Å². The van der Waals surface area contributed by atoms with E-state index in [4.69, 9.17) is 11.6 Å². The van der Waals surface area contributed by atoms with Gasteiger partial charge >= 0.3 is 0 Å². The average molecular weight is 256 g/mol. The van der Waals surface area contributed by atoms with Crippen molar-refractivity contribution in [2.24, 2.45) is 7.05 Å². The van der Waals surface area contributed by atoms with E-state index >= 15 is 0 Å². The number of Topliss-reactive ketones (excluding diaryl/α,β-unsaturated/α-hetero) is 1. The molecule has 1 aromatic rings. The fourth-order valence-electron chi connectivity index (χ4n) is 1.81. The highest BCUT2D eigenvalue weighted by Gasteiger charge is 2.22. The van der Waals surface area contributed by atoms with Gasteiger partial charge in [0.1, 0.15) is 0 Å². The lowest BCUT2D eigenvalue weighted by Gasteiger charge is -2.03. The molecule has 17 heavy (non-hydrogen) atoms. The third-order valence-corrected chi connectivity index (χ3v) is 3.47. The van der Waals surface area contributed by atoms with E-state index in [0.29, 0.717) is 24.0 Å². The number of nitrogens with zero attached hydrogens (tertiary/aromatic N) is 2. The number of rotatable bonds is 6. The van der Waals surface area contributed by atoms with Crippen LogP contribution in [0, 0.1) is 0 Å². The Balaban J connectivity index is 1.96. The van der Waals surface area contributed by atoms with Crippen molar-refractivity contribution in [3.63, 3.8) is 0 Å². The zero-order valence-electron chi connectivity index (χ0n) is 10.3. The molecule has 1 saturated carbocycles. The molecule has 0 aliphatic heterocycles. The Bertz CT molecular complexity index is 424. The predicted octanol–water partition coefficient (Wildman–Crippen LogP) is 1.50. The van der Waals surface area contributed by atoms with Crippen molar-refractivity contribution in [3.05, 3.63) is 16.4 Å². The molecule has 0 saturated heterocycles. The molecule has 0 aromatic carbocycles. The molecule has 1 aliphatic carbocycles. The van der Waals surface area contributed by atoms with Gasteiger partial charge < -0.3 is 5.32 Å². The molecule has 2 rings (SSSR count). The van der Waals surface area contributed by atoms with Crippen molar-refractivity contribution in [1.82, 2.24) is 15.1 Å². The van der Waals surface area contributed by atoms with Gasteiger partial charge in [0.2, 0.25) is 0 Å². The number of nitrogens with one attached hydrogen (secondary N) is 1. The standard InChI is InChI=1S/C12H18ClN3O/c1-3-10-12(13)11(16(2)15-10)6-9(17)7-14-8-4-5-8/h8,14H,3-7H2,1-2H3. The van der Waals surface area contributed by atoms with Crippen LogP contribution in [0.2, 0.25) is 5.02 Å². The molecule has 0 spiro atoms. The van der Waals surface area contributed by atoms with Crippen molar-refractivity contribution in [3.8, 4) is 0 Å². The Labute approximate surface area is 106 Å². The Kier molecular flexibility index (Phi) is 3.84. The third kappa shape index (κ3) is 3.07. The summed E-state index contributed by atoms with van der Waals surface area (Å²) in [5.74, 6) is 0.171. The average Bonchev–Trinajstić information content (AvgIpc) is 3.09. The number of aromatic nitrogens is 2. The lowest BCUT2D eigenvalue weighted by molar-refractivity contribution is -0.117. The van der Waals surface area contributed by atoms with E-state index in [9.17, 15) is 4.79 Å². The zero-order valence-corrected chi connectivity index (χ0v) is 11.0. The van der Waals surface area contributed by atoms with E-state index in [1.54, 1.807) is 4.68 Å². The molecular formula is C12H18ClN3O. The molecule has 1 heterocycles. The first-order valence-corrected chi connectivity index (χ1v) is 6.45. The van der Waals surface area contributed by atoms with Crippen LogP contribution < -0.4 is 5.32 Å². The van der Waals surface area contributed by atoms with E-state index in [-0.39, 0.29) is 5.78 Å². The predicted molar refractivity (Wildman–Crippen MR) is 67.3 cm³/mol. The molecule has 0 atom stereocenters. The van der Waals surface area contributed by atoms with Crippen LogP contribution >= 0.6 is 11.6 Å². The topological polar surface area (TPSA) is 46.9 Å². The summed E-state index contributed by atoms with van der Waals surface area (Å²) in [5.41, 5.74) is 1.69. The quantitative estimate of drug-likeness (QED) is 0.838. The molecule has 1 aliphatic rings. The molecule has 0 unspecified atom stereocenters. The Morgan fingerprint density at radius 3 is 2.82 bits per heavy atom. The van der Waals surface area contributed by atoms with Gasteiger partial charge in [-0.2, -0.15) is 5.10 Å². The van der Waals surface area contributed by atoms with Crippen LogP contribution in [0.1, 0.15) is 31.2 Å². The number of hydrogen-bond donors (Lipinski definition) is 1. The SMILES string of the molecule is CCc1nn(C)c(CC(=O)CNC2CC2)c1Cl. The Morgan fingerprint density at radius 1 is 1.59 bits per heavy atom. The van der Waals surface area contributed by atoms with Gasteiger partial charge in [0, 0.05) is 13.1 Å². The van der Waals surface area contributed by atoms with Gasteiger partial charge in [0.25, 0.3) is 0 Å². The van der Waals surface area contributed by atoms with Crippen LogP contribution in [0.25, 0.3) is 0 Å². The lowest BCUT2D eigenvalue weighted by atomic mass is 10.2. The minimum Gasteiger partial charge on any atom is -0.307 e. The van der Waals surface area contributed by atoms with Crippen molar-refractivity contribution in [2.45, 2.75) is 38.6 Å². The summed E-state index contributed by atoms with van der Waals surface area (Å²) in [5, 5.41) is 8.16. The summed E-state index contributed by atoms with van der Waals surface area (Å²) in [4.78, 5) is 11.8. The van der Waals surface area contributed by atoms with Gasteiger partial charge in [-0.05, 0) is 19.3 Å². The number of hydrogen-bond acceptors (Lipinski definition) is 3. The van der Waals surface area contributed by atoms with Crippen molar-refractivity contribution < 1.29 is 4.79 Å².